The number of nitrogens with one attached hydrogen (secondary N) is 1. The fraction of sp³-hybridized carbons (Fsp3) is 0.379. The Kier molecular flexibility index (Phi) is 7.91. The van der Waals surface area contributed by atoms with Gasteiger partial charge in [0.2, 0.25) is 5.95 Å². The van der Waals surface area contributed by atoms with Crippen molar-refractivity contribution in [1.82, 2.24) is 19.8 Å². The van der Waals surface area contributed by atoms with Gasteiger partial charge in [0.05, 0.1) is 37.1 Å². The number of rotatable bonds is 8. The fourth-order valence-corrected chi connectivity index (χ4v) is 4.63. The van der Waals surface area contributed by atoms with Gasteiger partial charge < -0.3 is 29.3 Å². The number of amides is 1. The molecule has 3 heterocycles. The second-order valence-corrected chi connectivity index (χ2v) is 9.89. The third-order valence-electron chi connectivity index (χ3n) is 7.08. The van der Waals surface area contributed by atoms with Gasteiger partial charge >= 0.3 is 0 Å². The van der Waals surface area contributed by atoms with E-state index >= 15 is 0 Å². The van der Waals surface area contributed by atoms with Crippen molar-refractivity contribution >= 4 is 17.5 Å². The minimum atomic E-state index is -0.0488. The van der Waals surface area contributed by atoms with Gasteiger partial charge in [-0.1, -0.05) is 0 Å². The van der Waals surface area contributed by atoms with Gasteiger partial charge in [-0.3, -0.25) is 4.79 Å². The number of benzene rings is 2. The van der Waals surface area contributed by atoms with Gasteiger partial charge in [0.25, 0.3) is 5.91 Å². The maximum Gasteiger partial charge on any atom is 0.257 e. The molecule has 2 aromatic carbocycles. The van der Waals surface area contributed by atoms with Crippen LogP contribution in [0.1, 0.15) is 28.8 Å². The summed E-state index contributed by atoms with van der Waals surface area (Å²) in [4.78, 5) is 25.9. The van der Waals surface area contributed by atoms with Gasteiger partial charge in [-0.2, -0.15) is 5.26 Å². The maximum absolute atomic E-state index is 13.0. The smallest absolute Gasteiger partial charge is 0.257 e. The van der Waals surface area contributed by atoms with Crippen LogP contribution in [-0.2, 0) is 4.74 Å². The molecule has 2 saturated heterocycles. The van der Waals surface area contributed by atoms with Gasteiger partial charge in [0.15, 0.2) is 0 Å². The average molecular weight is 529 g/mol. The molecular formula is C29H32N6O4. The summed E-state index contributed by atoms with van der Waals surface area (Å²) in [6, 6.07) is 15.2. The molecule has 1 amide bonds. The number of likely N-dealkylation sites (N-methyl/N-ethyl adjacent to an activating group) is 1. The zero-order valence-electron chi connectivity index (χ0n) is 22.4. The number of methoxy groups -OCH3 is 1. The topological polar surface area (TPSA) is 113 Å². The molecule has 0 radical (unpaired) electrons. The Morgan fingerprint density at radius 2 is 1.92 bits per heavy atom. The van der Waals surface area contributed by atoms with Crippen LogP contribution in [0, 0.1) is 11.3 Å². The summed E-state index contributed by atoms with van der Waals surface area (Å²) in [6.45, 7) is 2.74. The van der Waals surface area contributed by atoms with Crippen LogP contribution in [0.5, 0.6) is 11.5 Å². The molecule has 2 aliphatic rings. The zero-order chi connectivity index (χ0) is 27.4. The van der Waals surface area contributed by atoms with Crippen LogP contribution < -0.4 is 14.8 Å². The van der Waals surface area contributed by atoms with Crippen molar-refractivity contribution in [3.63, 3.8) is 0 Å². The van der Waals surface area contributed by atoms with Crippen molar-refractivity contribution in [3.05, 3.63) is 59.8 Å². The van der Waals surface area contributed by atoms with Crippen molar-refractivity contribution in [2.75, 3.05) is 52.8 Å². The van der Waals surface area contributed by atoms with Crippen LogP contribution in [0.15, 0.2) is 48.7 Å². The second-order valence-electron chi connectivity index (χ2n) is 9.89. The quantitative estimate of drug-likeness (QED) is 0.467. The van der Waals surface area contributed by atoms with E-state index in [0.29, 0.717) is 72.3 Å². The lowest BCUT2D eigenvalue weighted by molar-refractivity contribution is 0.0254. The van der Waals surface area contributed by atoms with E-state index < -0.39 is 0 Å². The molecular weight excluding hydrogens is 496 g/mol. The monoisotopic (exact) mass is 528 g/mol. The van der Waals surface area contributed by atoms with Crippen molar-refractivity contribution in [2.24, 2.45) is 0 Å². The first-order valence-electron chi connectivity index (χ1n) is 13.0. The summed E-state index contributed by atoms with van der Waals surface area (Å²) in [5.74, 6) is 1.38. The molecule has 5 rings (SSSR count). The summed E-state index contributed by atoms with van der Waals surface area (Å²) in [6.07, 6.45) is 3.32. The molecule has 10 heteroatoms. The number of ether oxygens (including phenoxy) is 3. The van der Waals surface area contributed by atoms with Crippen LogP contribution in [0.4, 0.5) is 11.6 Å². The molecule has 3 aromatic rings. The Bertz CT molecular complexity index is 1380. The van der Waals surface area contributed by atoms with E-state index in [9.17, 15) is 10.1 Å². The highest BCUT2D eigenvalue weighted by molar-refractivity contribution is 5.98. The van der Waals surface area contributed by atoms with Crippen LogP contribution >= 0.6 is 0 Å². The third-order valence-corrected chi connectivity index (χ3v) is 7.08. The molecule has 0 unspecified atom stereocenters. The lowest BCUT2D eigenvalue weighted by Gasteiger charge is -2.42. The normalized spacial score (nSPS) is 15.9. The largest absolute Gasteiger partial charge is 0.496 e. The van der Waals surface area contributed by atoms with Crippen LogP contribution in [0.3, 0.4) is 0 Å². The average Bonchev–Trinajstić information content (AvgIpc) is 2.92. The molecule has 2 aliphatic heterocycles. The maximum atomic E-state index is 13.0. The molecule has 1 aromatic heterocycles. The Hall–Kier alpha value is -4.20. The van der Waals surface area contributed by atoms with E-state index in [4.69, 9.17) is 14.2 Å². The van der Waals surface area contributed by atoms with Gasteiger partial charge in [-0.15, -0.1) is 0 Å². The molecule has 0 saturated carbocycles. The minimum Gasteiger partial charge on any atom is -0.496 e. The SMILES string of the molecule is COc1cc(Nc2nccc(-c3ccc(OC4CCOCC4)c(C#N)c3)n2)ccc1C(=O)N1CC(N(C)C)C1. The molecule has 10 nitrogen and oxygen atoms in total. The zero-order valence-corrected chi connectivity index (χ0v) is 22.4. The first-order valence-corrected chi connectivity index (χ1v) is 13.0. The number of carbonyl (C=O) groups excluding carboxylic acids is 1. The number of hydrogen-bond acceptors (Lipinski definition) is 9. The van der Waals surface area contributed by atoms with E-state index in [-0.39, 0.29) is 12.0 Å². The first kappa shape index (κ1) is 26.4. The molecule has 2 fully saturated rings. The van der Waals surface area contributed by atoms with Crippen molar-refractivity contribution < 1.29 is 19.0 Å². The van der Waals surface area contributed by atoms with E-state index in [2.05, 4.69) is 26.3 Å². The standard InChI is InChI=1S/C29H32N6O4/c1-34(2)22-17-35(18-22)28(36)24-6-5-21(15-27(24)37-3)32-29-31-11-8-25(33-29)19-4-7-26(20(14-19)16-30)39-23-9-12-38-13-10-23/h4-8,11,14-15,22-23H,9-10,12-13,17-18H2,1-3H3,(H,31,32,33). The summed E-state index contributed by atoms with van der Waals surface area (Å²) in [5.41, 5.74) is 3.10. The number of carbonyl (C=O) groups is 1. The van der Waals surface area contributed by atoms with Gasteiger partial charge in [0.1, 0.15) is 23.7 Å². The number of anilines is 2. The molecule has 0 aliphatic carbocycles. The van der Waals surface area contributed by atoms with E-state index in [1.807, 2.05) is 37.2 Å². The summed E-state index contributed by atoms with van der Waals surface area (Å²) < 4.78 is 17.0. The van der Waals surface area contributed by atoms with Crippen LogP contribution in [-0.4, -0.2) is 85.3 Å². The van der Waals surface area contributed by atoms with Gasteiger partial charge in [-0.25, -0.2) is 9.97 Å². The number of nitriles is 1. The van der Waals surface area contributed by atoms with Gasteiger partial charge in [0, 0.05) is 55.5 Å². The molecule has 202 valence electrons. The first-order chi connectivity index (χ1) is 18.9. The third kappa shape index (κ3) is 5.95. The number of hydrogen-bond donors (Lipinski definition) is 1. The summed E-state index contributed by atoms with van der Waals surface area (Å²) in [7, 11) is 5.59. The molecule has 39 heavy (non-hydrogen) atoms. The summed E-state index contributed by atoms with van der Waals surface area (Å²) in [5, 5.41) is 12.9. The Labute approximate surface area is 228 Å². The van der Waals surface area contributed by atoms with E-state index in [1.54, 1.807) is 37.6 Å². The van der Waals surface area contributed by atoms with Crippen LogP contribution in [0.25, 0.3) is 11.3 Å². The molecule has 0 bridgehead atoms. The highest BCUT2D eigenvalue weighted by Crippen LogP contribution is 2.30. The van der Waals surface area contributed by atoms with Crippen molar-refractivity contribution in [3.8, 4) is 28.8 Å². The number of nitrogens with zero attached hydrogens (tertiary/aromatic N) is 5. The molecule has 1 N–H and O–H groups in total. The van der Waals surface area contributed by atoms with Crippen molar-refractivity contribution in [2.45, 2.75) is 25.0 Å². The highest BCUT2D eigenvalue weighted by Gasteiger charge is 2.33. The lowest BCUT2D eigenvalue weighted by Crippen LogP contribution is -2.59. The highest BCUT2D eigenvalue weighted by atomic mass is 16.5. The molecule has 0 atom stereocenters. The van der Waals surface area contributed by atoms with E-state index in [0.717, 1.165) is 18.4 Å². The minimum absolute atomic E-state index is 0.0473. The Balaban J connectivity index is 1.30. The van der Waals surface area contributed by atoms with Crippen LogP contribution in [0.2, 0.25) is 0 Å². The molecule has 0 spiro atoms. The lowest BCUT2D eigenvalue weighted by atomic mass is 10.0. The summed E-state index contributed by atoms with van der Waals surface area (Å²) >= 11 is 0. The Morgan fingerprint density at radius 1 is 1.13 bits per heavy atom. The Morgan fingerprint density at radius 3 is 2.64 bits per heavy atom. The predicted molar refractivity (Wildman–Crippen MR) is 146 cm³/mol. The predicted octanol–water partition coefficient (Wildman–Crippen LogP) is 3.71. The van der Waals surface area contributed by atoms with E-state index in [1.165, 1.54) is 0 Å². The van der Waals surface area contributed by atoms with Crippen molar-refractivity contribution in [1.29, 1.82) is 5.26 Å². The fourth-order valence-electron chi connectivity index (χ4n) is 4.63. The number of likely N-dealkylation sites (tertiary alicyclic amines) is 1. The second kappa shape index (κ2) is 11.7. The van der Waals surface area contributed by atoms with Gasteiger partial charge in [-0.05, 0) is 50.5 Å². The number of aromatic nitrogens is 2.